The number of halogens is 2. The van der Waals surface area contributed by atoms with Crippen LogP contribution in [0.4, 0.5) is 4.39 Å². The van der Waals surface area contributed by atoms with Crippen molar-refractivity contribution in [2.45, 2.75) is 13.0 Å². The van der Waals surface area contributed by atoms with E-state index in [0.29, 0.717) is 10.6 Å². The molecule has 1 N–H and O–H groups in total. The molecule has 1 aromatic heterocycles. The summed E-state index contributed by atoms with van der Waals surface area (Å²) in [6.45, 7) is 1.83. The monoisotopic (exact) mass is 251 g/mol. The molecule has 0 aliphatic heterocycles. The van der Waals surface area contributed by atoms with Crippen molar-refractivity contribution < 1.29 is 9.50 Å². The summed E-state index contributed by atoms with van der Waals surface area (Å²) >= 11 is 6.09. The number of aliphatic hydroxyl groups excluding tert-OH is 1. The molecule has 2 aromatic rings. The van der Waals surface area contributed by atoms with Gasteiger partial charge in [-0.05, 0) is 18.6 Å². The lowest BCUT2D eigenvalue weighted by Gasteiger charge is -2.14. The lowest BCUT2D eigenvalue weighted by molar-refractivity contribution is 0.214. The highest BCUT2D eigenvalue weighted by atomic mass is 35.5. The lowest BCUT2D eigenvalue weighted by atomic mass is 10.0. The zero-order valence-corrected chi connectivity index (χ0v) is 9.95. The fourth-order valence-corrected chi connectivity index (χ4v) is 1.89. The van der Waals surface area contributed by atoms with Gasteiger partial charge in [0, 0.05) is 22.3 Å². The molecule has 2 rings (SSSR count). The van der Waals surface area contributed by atoms with Gasteiger partial charge in [0.15, 0.2) is 0 Å². The molecule has 1 unspecified atom stereocenters. The van der Waals surface area contributed by atoms with Crippen molar-refractivity contribution in [1.82, 2.24) is 4.98 Å². The fraction of sp³-hybridized carbons (Fsp3) is 0.154. The van der Waals surface area contributed by atoms with Gasteiger partial charge in [-0.2, -0.15) is 0 Å². The number of aliphatic hydroxyl groups is 1. The van der Waals surface area contributed by atoms with Gasteiger partial charge in [0.1, 0.15) is 11.9 Å². The molecule has 0 aliphatic carbocycles. The summed E-state index contributed by atoms with van der Waals surface area (Å²) in [5, 5.41) is 10.6. The van der Waals surface area contributed by atoms with Crippen LogP contribution in [0.15, 0.2) is 36.7 Å². The molecule has 0 fully saturated rings. The van der Waals surface area contributed by atoms with Crippen molar-refractivity contribution in [3.8, 4) is 0 Å². The summed E-state index contributed by atoms with van der Waals surface area (Å²) in [7, 11) is 0. The summed E-state index contributed by atoms with van der Waals surface area (Å²) in [6.07, 6.45) is 1.43. The molecule has 0 saturated carbocycles. The Morgan fingerprint density at radius 1 is 1.29 bits per heavy atom. The quantitative estimate of drug-likeness (QED) is 0.889. The van der Waals surface area contributed by atoms with Gasteiger partial charge in [-0.15, -0.1) is 0 Å². The molecular weight excluding hydrogens is 241 g/mol. The second-order valence-corrected chi connectivity index (χ2v) is 4.16. The molecule has 0 spiro atoms. The van der Waals surface area contributed by atoms with Crippen LogP contribution < -0.4 is 0 Å². The highest BCUT2D eigenvalue weighted by Crippen LogP contribution is 2.31. The van der Waals surface area contributed by atoms with E-state index in [-0.39, 0.29) is 5.56 Å². The van der Waals surface area contributed by atoms with Gasteiger partial charge >= 0.3 is 0 Å². The number of aromatic nitrogens is 1. The predicted octanol–water partition coefficient (Wildman–Crippen LogP) is 3.26. The van der Waals surface area contributed by atoms with Crippen LogP contribution >= 0.6 is 11.6 Å². The van der Waals surface area contributed by atoms with Crippen LogP contribution in [0, 0.1) is 12.7 Å². The van der Waals surface area contributed by atoms with Crippen molar-refractivity contribution in [1.29, 1.82) is 0 Å². The minimum atomic E-state index is -1.08. The SMILES string of the molecule is Cc1cccc(C(O)c2ccncc2F)c1Cl. The average molecular weight is 252 g/mol. The fourth-order valence-electron chi connectivity index (χ4n) is 1.66. The number of pyridine rings is 1. The summed E-state index contributed by atoms with van der Waals surface area (Å²) in [5.41, 5.74) is 1.52. The van der Waals surface area contributed by atoms with E-state index in [4.69, 9.17) is 11.6 Å². The highest BCUT2D eigenvalue weighted by Gasteiger charge is 2.18. The first-order valence-electron chi connectivity index (χ1n) is 5.13. The minimum Gasteiger partial charge on any atom is -0.383 e. The molecule has 17 heavy (non-hydrogen) atoms. The number of hydrogen-bond acceptors (Lipinski definition) is 2. The predicted molar refractivity (Wildman–Crippen MR) is 64.4 cm³/mol. The maximum absolute atomic E-state index is 13.5. The molecule has 0 saturated heterocycles. The third-order valence-electron chi connectivity index (χ3n) is 2.61. The Kier molecular flexibility index (Phi) is 3.41. The van der Waals surface area contributed by atoms with E-state index in [1.54, 1.807) is 12.1 Å². The van der Waals surface area contributed by atoms with Crippen LogP contribution in [0.2, 0.25) is 5.02 Å². The number of aryl methyl sites for hydroxylation is 1. The molecule has 1 heterocycles. The zero-order chi connectivity index (χ0) is 12.4. The summed E-state index contributed by atoms with van der Waals surface area (Å²) in [6, 6.07) is 6.73. The third-order valence-corrected chi connectivity index (χ3v) is 3.13. The van der Waals surface area contributed by atoms with Gasteiger partial charge in [-0.3, -0.25) is 4.98 Å². The average Bonchev–Trinajstić information content (AvgIpc) is 2.32. The second kappa shape index (κ2) is 4.82. The molecule has 2 nitrogen and oxygen atoms in total. The number of benzene rings is 1. The molecule has 0 radical (unpaired) electrons. The Hall–Kier alpha value is -1.45. The van der Waals surface area contributed by atoms with Gasteiger partial charge < -0.3 is 5.11 Å². The van der Waals surface area contributed by atoms with Crippen molar-refractivity contribution in [2.75, 3.05) is 0 Å². The van der Waals surface area contributed by atoms with E-state index in [1.807, 2.05) is 13.0 Å². The molecule has 0 bridgehead atoms. The standard InChI is InChI=1S/C13H11ClFNO/c1-8-3-2-4-10(12(8)14)13(17)9-5-6-16-7-11(9)15/h2-7,13,17H,1H3. The molecular formula is C13H11ClFNO. The van der Waals surface area contributed by atoms with Crippen LogP contribution in [0.25, 0.3) is 0 Å². The Bertz CT molecular complexity index is 545. The maximum Gasteiger partial charge on any atom is 0.147 e. The van der Waals surface area contributed by atoms with Crippen molar-refractivity contribution in [3.05, 3.63) is 64.2 Å². The molecule has 1 aromatic carbocycles. The minimum absolute atomic E-state index is 0.174. The normalized spacial score (nSPS) is 12.5. The summed E-state index contributed by atoms with van der Waals surface area (Å²) < 4.78 is 13.5. The van der Waals surface area contributed by atoms with E-state index in [9.17, 15) is 9.50 Å². The van der Waals surface area contributed by atoms with E-state index < -0.39 is 11.9 Å². The Labute approximate surface area is 104 Å². The van der Waals surface area contributed by atoms with Crippen LogP contribution in [0.5, 0.6) is 0 Å². The van der Waals surface area contributed by atoms with Crippen molar-refractivity contribution in [2.24, 2.45) is 0 Å². The number of rotatable bonds is 2. The van der Waals surface area contributed by atoms with Crippen LogP contribution in [-0.4, -0.2) is 10.1 Å². The Balaban J connectivity index is 2.48. The van der Waals surface area contributed by atoms with Gasteiger partial charge in [-0.25, -0.2) is 4.39 Å². The van der Waals surface area contributed by atoms with E-state index in [1.165, 1.54) is 12.3 Å². The molecule has 4 heteroatoms. The maximum atomic E-state index is 13.5. The van der Waals surface area contributed by atoms with Gasteiger partial charge in [-0.1, -0.05) is 29.8 Å². The van der Waals surface area contributed by atoms with Gasteiger partial charge in [0.05, 0.1) is 6.20 Å². The first-order valence-corrected chi connectivity index (χ1v) is 5.51. The Morgan fingerprint density at radius 3 is 2.76 bits per heavy atom. The third kappa shape index (κ3) is 2.30. The lowest BCUT2D eigenvalue weighted by Crippen LogP contribution is -2.04. The molecule has 0 aliphatic rings. The highest BCUT2D eigenvalue weighted by molar-refractivity contribution is 6.32. The first kappa shape index (κ1) is 12.0. The van der Waals surface area contributed by atoms with Gasteiger partial charge in [0.2, 0.25) is 0 Å². The molecule has 0 amide bonds. The van der Waals surface area contributed by atoms with E-state index in [2.05, 4.69) is 4.98 Å². The van der Waals surface area contributed by atoms with Crippen LogP contribution in [0.3, 0.4) is 0 Å². The smallest absolute Gasteiger partial charge is 0.147 e. The van der Waals surface area contributed by atoms with Gasteiger partial charge in [0.25, 0.3) is 0 Å². The number of nitrogens with zero attached hydrogens (tertiary/aromatic N) is 1. The van der Waals surface area contributed by atoms with E-state index >= 15 is 0 Å². The molecule has 1 atom stereocenters. The van der Waals surface area contributed by atoms with Crippen LogP contribution in [-0.2, 0) is 0 Å². The first-order chi connectivity index (χ1) is 8.11. The summed E-state index contributed by atoms with van der Waals surface area (Å²) in [5.74, 6) is -0.544. The topological polar surface area (TPSA) is 33.1 Å². The zero-order valence-electron chi connectivity index (χ0n) is 9.19. The largest absolute Gasteiger partial charge is 0.383 e. The van der Waals surface area contributed by atoms with Crippen molar-refractivity contribution in [3.63, 3.8) is 0 Å². The molecule has 88 valence electrons. The van der Waals surface area contributed by atoms with Crippen molar-refractivity contribution >= 4 is 11.6 Å². The second-order valence-electron chi connectivity index (χ2n) is 3.78. The van der Waals surface area contributed by atoms with E-state index in [0.717, 1.165) is 11.8 Å². The number of hydrogen-bond donors (Lipinski definition) is 1. The summed E-state index contributed by atoms with van der Waals surface area (Å²) in [4.78, 5) is 3.64. The van der Waals surface area contributed by atoms with Crippen LogP contribution in [0.1, 0.15) is 22.8 Å². The Morgan fingerprint density at radius 2 is 2.06 bits per heavy atom.